The van der Waals surface area contributed by atoms with E-state index in [2.05, 4.69) is 41.8 Å². The van der Waals surface area contributed by atoms with Gasteiger partial charge < -0.3 is 14.5 Å². The number of aromatic nitrogens is 4. The van der Waals surface area contributed by atoms with Gasteiger partial charge in [-0.15, -0.1) is 0 Å². The summed E-state index contributed by atoms with van der Waals surface area (Å²) in [7, 11) is 1.62. The van der Waals surface area contributed by atoms with Crippen LogP contribution in [0.2, 0.25) is 0 Å². The molecule has 0 aliphatic carbocycles. The molecule has 0 saturated carbocycles. The van der Waals surface area contributed by atoms with Gasteiger partial charge in [0.05, 0.1) is 7.11 Å². The Labute approximate surface area is 166 Å². The highest BCUT2D eigenvalue weighted by molar-refractivity contribution is 5.41. The fourth-order valence-electron chi connectivity index (χ4n) is 3.83. The Hall–Kier alpha value is -2.48. The second kappa shape index (κ2) is 9.14. The van der Waals surface area contributed by atoms with E-state index in [1.807, 2.05) is 12.4 Å². The topological polar surface area (TPSA) is 70.5 Å². The molecule has 150 valence electrons. The Kier molecular flexibility index (Phi) is 6.16. The first-order chi connectivity index (χ1) is 13.8. The quantitative estimate of drug-likeness (QED) is 0.776. The van der Waals surface area contributed by atoms with Crippen LogP contribution in [0.4, 0.5) is 11.9 Å². The van der Waals surface area contributed by atoms with E-state index >= 15 is 0 Å². The molecule has 0 unspecified atom stereocenters. The van der Waals surface area contributed by atoms with E-state index in [4.69, 9.17) is 9.72 Å². The first-order valence-corrected chi connectivity index (χ1v) is 10.2. The second-order valence-corrected chi connectivity index (χ2v) is 7.44. The van der Waals surface area contributed by atoms with Crippen LogP contribution in [-0.2, 0) is 6.54 Å². The number of ether oxygens (including phenoxy) is 1. The monoisotopic (exact) mass is 383 g/mol. The fourth-order valence-corrected chi connectivity index (χ4v) is 3.83. The van der Waals surface area contributed by atoms with Crippen molar-refractivity contribution in [1.82, 2.24) is 24.8 Å². The minimum Gasteiger partial charge on any atom is -0.467 e. The van der Waals surface area contributed by atoms with E-state index in [1.54, 1.807) is 7.11 Å². The van der Waals surface area contributed by atoms with Crippen LogP contribution in [0.25, 0.3) is 0 Å². The van der Waals surface area contributed by atoms with Crippen LogP contribution in [0.1, 0.15) is 31.2 Å². The van der Waals surface area contributed by atoms with Crippen molar-refractivity contribution in [2.24, 2.45) is 0 Å². The Morgan fingerprint density at radius 2 is 1.39 bits per heavy atom. The number of pyridine rings is 1. The summed E-state index contributed by atoms with van der Waals surface area (Å²) in [5.41, 5.74) is 1.30. The molecule has 0 amide bonds. The lowest BCUT2D eigenvalue weighted by atomic mass is 10.2. The molecule has 0 N–H and O–H groups in total. The second-order valence-electron chi connectivity index (χ2n) is 7.44. The normalized spacial score (nSPS) is 18.8. The van der Waals surface area contributed by atoms with Crippen molar-refractivity contribution in [3.8, 4) is 6.01 Å². The van der Waals surface area contributed by atoms with Gasteiger partial charge in [0, 0.05) is 58.2 Å². The number of anilines is 2. The smallest absolute Gasteiger partial charge is 0.322 e. The maximum atomic E-state index is 5.38. The molecule has 0 bridgehead atoms. The molecule has 4 rings (SSSR count). The predicted octanol–water partition coefficient (Wildman–Crippen LogP) is 1.98. The number of nitrogens with zero attached hydrogens (tertiary/aromatic N) is 7. The first kappa shape index (κ1) is 18.9. The summed E-state index contributed by atoms with van der Waals surface area (Å²) in [4.78, 5) is 24.9. The van der Waals surface area contributed by atoms with Gasteiger partial charge in [0.1, 0.15) is 0 Å². The molecule has 4 heterocycles. The van der Waals surface area contributed by atoms with Gasteiger partial charge in [-0.25, -0.2) is 0 Å². The van der Waals surface area contributed by atoms with Crippen molar-refractivity contribution in [2.75, 3.05) is 56.2 Å². The lowest BCUT2D eigenvalue weighted by molar-refractivity contribution is 0.248. The van der Waals surface area contributed by atoms with Crippen LogP contribution < -0.4 is 14.5 Å². The van der Waals surface area contributed by atoms with Crippen molar-refractivity contribution >= 4 is 11.9 Å². The zero-order chi connectivity index (χ0) is 19.2. The average molecular weight is 384 g/mol. The number of hydrogen-bond donors (Lipinski definition) is 0. The van der Waals surface area contributed by atoms with Gasteiger partial charge in [-0.3, -0.25) is 9.88 Å². The summed E-state index contributed by atoms with van der Waals surface area (Å²) in [5, 5.41) is 0. The van der Waals surface area contributed by atoms with Gasteiger partial charge in [0.15, 0.2) is 0 Å². The molecular formula is C20H29N7O. The van der Waals surface area contributed by atoms with Crippen molar-refractivity contribution in [3.05, 3.63) is 30.1 Å². The van der Waals surface area contributed by atoms with Gasteiger partial charge in [0.2, 0.25) is 11.9 Å². The van der Waals surface area contributed by atoms with Gasteiger partial charge in [0.25, 0.3) is 0 Å². The summed E-state index contributed by atoms with van der Waals surface area (Å²) in [6, 6.07) is 4.57. The Bertz CT molecular complexity index is 741. The van der Waals surface area contributed by atoms with E-state index in [0.29, 0.717) is 6.01 Å². The lowest BCUT2D eigenvalue weighted by Gasteiger charge is -2.35. The minimum atomic E-state index is 0.406. The van der Waals surface area contributed by atoms with E-state index in [9.17, 15) is 0 Å². The van der Waals surface area contributed by atoms with Crippen molar-refractivity contribution < 1.29 is 4.74 Å². The molecule has 2 aliphatic heterocycles. The van der Waals surface area contributed by atoms with Crippen LogP contribution in [0.3, 0.4) is 0 Å². The van der Waals surface area contributed by atoms with Crippen LogP contribution in [0, 0.1) is 0 Å². The zero-order valence-electron chi connectivity index (χ0n) is 16.6. The Balaban J connectivity index is 1.43. The van der Waals surface area contributed by atoms with Crippen LogP contribution in [0.5, 0.6) is 6.01 Å². The molecule has 2 aliphatic rings. The van der Waals surface area contributed by atoms with E-state index in [-0.39, 0.29) is 0 Å². The molecule has 28 heavy (non-hydrogen) atoms. The molecule has 2 fully saturated rings. The summed E-state index contributed by atoms with van der Waals surface area (Å²) in [5.74, 6) is 1.48. The first-order valence-electron chi connectivity index (χ1n) is 10.2. The number of rotatable bonds is 5. The van der Waals surface area contributed by atoms with E-state index < -0.39 is 0 Å². The summed E-state index contributed by atoms with van der Waals surface area (Å²) >= 11 is 0. The molecule has 2 aromatic heterocycles. The van der Waals surface area contributed by atoms with Crippen LogP contribution in [0.15, 0.2) is 24.5 Å². The highest BCUT2D eigenvalue weighted by Gasteiger charge is 2.22. The molecule has 8 heteroatoms. The average Bonchev–Trinajstić information content (AvgIpc) is 3.04. The van der Waals surface area contributed by atoms with Crippen molar-refractivity contribution in [3.63, 3.8) is 0 Å². The van der Waals surface area contributed by atoms with Crippen molar-refractivity contribution in [2.45, 2.75) is 32.2 Å². The number of methoxy groups -OCH3 is 1. The van der Waals surface area contributed by atoms with Gasteiger partial charge in [-0.1, -0.05) is 12.8 Å². The Morgan fingerprint density at radius 1 is 0.786 bits per heavy atom. The molecule has 0 radical (unpaired) electrons. The van der Waals surface area contributed by atoms with Crippen molar-refractivity contribution in [1.29, 1.82) is 0 Å². The molecule has 0 aromatic carbocycles. The minimum absolute atomic E-state index is 0.406. The SMILES string of the molecule is COc1nc(N2CCCCCC2)nc(N2CCN(Cc3ccncc3)CC2)n1. The standard InChI is InChI=1S/C20H29N7O/c1-28-20-23-18(26-10-4-2-3-5-11-26)22-19(24-20)27-14-12-25(13-15-27)16-17-6-8-21-9-7-17/h6-9H,2-5,10-16H2,1H3. The summed E-state index contributed by atoms with van der Waals surface area (Å²) in [6.45, 7) is 6.73. The van der Waals surface area contributed by atoms with Gasteiger partial charge in [-0.05, 0) is 30.5 Å². The Morgan fingerprint density at radius 3 is 2.00 bits per heavy atom. The highest BCUT2D eigenvalue weighted by atomic mass is 16.5. The highest BCUT2D eigenvalue weighted by Crippen LogP contribution is 2.22. The van der Waals surface area contributed by atoms with Crippen LogP contribution in [-0.4, -0.2) is 71.2 Å². The molecular weight excluding hydrogens is 354 g/mol. The maximum Gasteiger partial charge on any atom is 0.322 e. The lowest BCUT2D eigenvalue weighted by Crippen LogP contribution is -2.46. The molecule has 2 aromatic rings. The maximum absolute atomic E-state index is 5.38. The summed E-state index contributed by atoms with van der Waals surface area (Å²) in [6.07, 6.45) is 8.66. The predicted molar refractivity (Wildman–Crippen MR) is 109 cm³/mol. The molecule has 2 saturated heterocycles. The third kappa shape index (κ3) is 4.67. The molecule has 0 atom stereocenters. The van der Waals surface area contributed by atoms with E-state index in [0.717, 1.165) is 57.7 Å². The van der Waals surface area contributed by atoms with Gasteiger partial charge >= 0.3 is 6.01 Å². The van der Waals surface area contributed by atoms with E-state index in [1.165, 1.54) is 31.2 Å². The number of hydrogen-bond acceptors (Lipinski definition) is 8. The summed E-state index contributed by atoms with van der Waals surface area (Å²) < 4.78 is 5.38. The molecule has 8 nitrogen and oxygen atoms in total. The third-order valence-corrected chi connectivity index (χ3v) is 5.47. The largest absolute Gasteiger partial charge is 0.467 e. The fraction of sp³-hybridized carbons (Fsp3) is 0.600. The van der Waals surface area contributed by atoms with Crippen LogP contribution >= 0.6 is 0 Å². The molecule has 0 spiro atoms. The van der Waals surface area contributed by atoms with Gasteiger partial charge in [-0.2, -0.15) is 15.0 Å². The zero-order valence-corrected chi connectivity index (χ0v) is 16.6. The number of piperazine rings is 1. The third-order valence-electron chi connectivity index (χ3n) is 5.47.